The molecule has 0 aliphatic carbocycles. The van der Waals surface area contributed by atoms with Gasteiger partial charge in [-0.1, -0.05) is 6.58 Å². The van der Waals surface area contributed by atoms with Crippen LogP contribution in [-0.4, -0.2) is 47.3 Å². The third-order valence-electron chi connectivity index (χ3n) is 2.61. The Hall–Kier alpha value is -3.16. The standard InChI is InChI=1S/C15H14O8.H2/c1-8(2)14(20)22-5-6-23-15(21)9-3-4-10(12(16)17)11(7-9)13(18)19;/h3-4,7H,1,5-6H2,2H3,(H,16,17)(H,18,19);1H. The van der Waals surface area contributed by atoms with Gasteiger partial charge in [-0.05, 0) is 25.1 Å². The summed E-state index contributed by atoms with van der Waals surface area (Å²) in [6, 6.07) is 3.05. The van der Waals surface area contributed by atoms with E-state index in [1.807, 2.05) is 0 Å². The summed E-state index contributed by atoms with van der Waals surface area (Å²) in [7, 11) is 0. The van der Waals surface area contributed by atoms with Gasteiger partial charge in [0.25, 0.3) is 0 Å². The monoisotopic (exact) mass is 324 g/mol. The number of carboxylic acids is 2. The highest BCUT2D eigenvalue weighted by Gasteiger charge is 2.19. The number of rotatable bonds is 7. The second-order valence-electron chi connectivity index (χ2n) is 4.42. The summed E-state index contributed by atoms with van der Waals surface area (Å²) in [5.74, 6) is -4.39. The van der Waals surface area contributed by atoms with Crippen molar-refractivity contribution in [2.24, 2.45) is 0 Å². The molecule has 0 aliphatic heterocycles. The van der Waals surface area contributed by atoms with E-state index in [9.17, 15) is 19.2 Å². The van der Waals surface area contributed by atoms with Crippen LogP contribution in [0.3, 0.4) is 0 Å². The smallest absolute Gasteiger partial charge is 0.338 e. The van der Waals surface area contributed by atoms with Gasteiger partial charge in [-0.2, -0.15) is 0 Å². The van der Waals surface area contributed by atoms with Gasteiger partial charge in [0.2, 0.25) is 0 Å². The van der Waals surface area contributed by atoms with E-state index in [-0.39, 0.29) is 25.8 Å². The zero-order valence-electron chi connectivity index (χ0n) is 12.2. The van der Waals surface area contributed by atoms with Crippen LogP contribution in [0.25, 0.3) is 0 Å². The summed E-state index contributed by atoms with van der Waals surface area (Å²) in [6.07, 6.45) is 0. The predicted octanol–water partition coefficient (Wildman–Crippen LogP) is 1.61. The first-order valence-electron chi connectivity index (χ1n) is 6.34. The van der Waals surface area contributed by atoms with Gasteiger partial charge in [-0.15, -0.1) is 0 Å². The molecule has 1 aromatic rings. The van der Waals surface area contributed by atoms with E-state index in [0.717, 1.165) is 18.2 Å². The van der Waals surface area contributed by atoms with Crippen LogP contribution >= 0.6 is 0 Å². The van der Waals surface area contributed by atoms with Crippen molar-refractivity contribution in [2.75, 3.05) is 13.2 Å². The van der Waals surface area contributed by atoms with Crippen LogP contribution in [0.4, 0.5) is 0 Å². The number of benzene rings is 1. The highest BCUT2D eigenvalue weighted by Crippen LogP contribution is 2.13. The highest BCUT2D eigenvalue weighted by molar-refractivity contribution is 6.03. The number of esters is 2. The molecule has 0 aliphatic rings. The van der Waals surface area contributed by atoms with Gasteiger partial charge in [0.05, 0.1) is 16.7 Å². The Labute approximate surface area is 132 Å². The maximum absolute atomic E-state index is 11.8. The van der Waals surface area contributed by atoms with Crippen molar-refractivity contribution in [1.29, 1.82) is 0 Å². The molecule has 0 unspecified atom stereocenters. The summed E-state index contributed by atoms with van der Waals surface area (Å²) >= 11 is 0. The number of hydrogen-bond donors (Lipinski definition) is 2. The fourth-order valence-electron chi connectivity index (χ4n) is 1.51. The molecule has 0 atom stereocenters. The van der Waals surface area contributed by atoms with Crippen LogP contribution in [0.2, 0.25) is 0 Å². The number of ether oxygens (including phenoxy) is 2. The molecule has 0 spiro atoms. The number of aromatic carboxylic acids is 2. The Kier molecular flexibility index (Phi) is 6.02. The molecule has 0 aromatic heterocycles. The normalized spacial score (nSPS) is 9.78. The average Bonchev–Trinajstić information content (AvgIpc) is 2.50. The van der Waals surface area contributed by atoms with Gasteiger partial charge >= 0.3 is 23.9 Å². The molecule has 1 aromatic carbocycles. The summed E-state index contributed by atoms with van der Waals surface area (Å²) in [6.45, 7) is 4.42. The lowest BCUT2D eigenvalue weighted by molar-refractivity contribution is -0.140. The van der Waals surface area contributed by atoms with Crippen LogP contribution < -0.4 is 0 Å². The maximum atomic E-state index is 11.8. The molecule has 124 valence electrons. The maximum Gasteiger partial charge on any atom is 0.338 e. The molecule has 23 heavy (non-hydrogen) atoms. The Morgan fingerprint density at radius 3 is 2.13 bits per heavy atom. The quantitative estimate of drug-likeness (QED) is 0.440. The SMILES string of the molecule is C=C(C)C(=O)OCCOC(=O)c1ccc(C(=O)O)c(C(=O)O)c1.[HH]. The van der Waals surface area contributed by atoms with E-state index in [1.165, 1.54) is 6.92 Å². The first-order chi connectivity index (χ1) is 10.7. The van der Waals surface area contributed by atoms with Crippen molar-refractivity contribution >= 4 is 23.9 Å². The number of carboxylic acid groups (broad SMARTS) is 2. The largest absolute Gasteiger partial charge is 0.478 e. The van der Waals surface area contributed by atoms with E-state index in [1.54, 1.807) is 0 Å². The number of carbonyl (C=O) groups excluding carboxylic acids is 2. The van der Waals surface area contributed by atoms with E-state index in [0.29, 0.717) is 0 Å². The predicted molar refractivity (Wildman–Crippen MR) is 78.5 cm³/mol. The minimum absolute atomic E-state index is 0. The fraction of sp³-hybridized carbons (Fsp3) is 0.200. The van der Waals surface area contributed by atoms with Gasteiger partial charge in [0, 0.05) is 7.00 Å². The summed E-state index contributed by atoms with van der Waals surface area (Å²) < 4.78 is 9.52. The second kappa shape index (κ2) is 7.74. The number of carbonyl (C=O) groups is 4. The van der Waals surface area contributed by atoms with E-state index < -0.39 is 35.0 Å². The lowest BCUT2D eigenvalue weighted by atomic mass is 10.0. The lowest BCUT2D eigenvalue weighted by Gasteiger charge is -2.08. The van der Waals surface area contributed by atoms with Gasteiger partial charge < -0.3 is 19.7 Å². The Morgan fingerprint density at radius 1 is 1.04 bits per heavy atom. The summed E-state index contributed by atoms with van der Waals surface area (Å²) in [5, 5.41) is 17.8. The molecule has 8 heteroatoms. The molecule has 0 saturated carbocycles. The third-order valence-corrected chi connectivity index (χ3v) is 2.61. The van der Waals surface area contributed by atoms with Crippen molar-refractivity contribution < 1.29 is 40.3 Å². The molecule has 8 nitrogen and oxygen atoms in total. The lowest BCUT2D eigenvalue weighted by Crippen LogP contribution is -2.15. The van der Waals surface area contributed by atoms with Gasteiger partial charge in [0.1, 0.15) is 13.2 Å². The molecule has 0 amide bonds. The zero-order chi connectivity index (χ0) is 17.6. The van der Waals surface area contributed by atoms with Crippen LogP contribution in [0.1, 0.15) is 39.4 Å². The van der Waals surface area contributed by atoms with Gasteiger partial charge in [0.15, 0.2) is 0 Å². The molecule has 2 N–H and O–H groups in total. The van der Waals surface area contributed by atoms with E-state index in [2.05, 4.69) is 6.58 Å². The average molecular weight is 324 g/mol. The van der Waals surface area contributed by atoms with Crippen LogP contribution in [-0.2, 0) is 14.3 Å². The zero-order valence-corrected chi connectivity index (χ0v) is 12.2. The third kappa shape index (κ3) is 4.95. The van der Waals surface area contributed by atoms with E-state index >= 15 is 0 Å². The molecule has 0 heterocycles. The molecular formula is C15H16O8. The number of hydrogen-bond acceptors (Lipinski definition) is 6. The van der Waals surface area contributed by atoms with Crippen molar-refractivity contribution in [2.45, 2.75) is 6.92 Å². The van der Waals surface area contributed by atoms with Gasteiger partial charge in [-0.25, -0.2) is 19.2 Å². The topological polar surface area (TPSA) is 127 Å². The van der Waals surface area contributed by atoms with Crippen molar-refractivity contribution in [3.8, 4) is 0 Å². The molecule has 0 bridgehead atoms. The molecular weight excluding hydrogens is 308 g/mol. The second-order valence-corrected chi connectivity index (χ2v) is 4.42. The Morgan fingerprint density at radius 2 is 1.61 bits per heavy atom. The molecule has 0 fully saturated rings. The molecule has 0 saturated heterocycles. The van der Waals surface area contributed by atoms with Crippen molar-refractivity contribution in [1.82, 2.24) is 0 Å². The highest BCUT2D eigenvalue weighted by atomic mass is 16.6. The van der Waals surface area contributed by atoms with Gasteiger partial charge in [-0.3, -0.25) is 0 Å². The molecule has 0 radical (unpaired) electrons. The van der Waals surface area contributed by atoms with Crippen molar-refractivity contribution in [3.63, 3.8) is 0 Å². The minimum atomic E-state index is -1.48. The Balaban J connectivity index is 0.00000529. The Bertz CT molecular complexity index is 680. The van der Waals surface area contributed by atoms with E-state index in [4.69, 9.17) is 19.7 Å². The summed E-state index contributed by atoms with van der Waals surface area (Å²) in [5.41, 5.74) is -0.893. The van der Waals surface area contributed by atoms with Crippen LogP contribution in [0.5, 0.6) is 0 Å². The van der Waals surface area contributed by atoms with Crippen LogP contribution in [0.15, 0.2) is 30.4 Å². The van der Waals surface area contributed by atoms with Crippen LogP contribution in [0, 0.1) is 0 Å². The first kappa shape index (κ1) is 17.9. The van der Waals surface area contributed by atoms with Crippen molar-refractivity contribution in [3.05, 3.63) is 47.0 Å². The molecule has 1 rings (SSSR count). The summed E-state index contributed by atoms with van der Waals surface area (Å²) in [4.78, 5) is 44.8. The fourth-order valence-corrected chi connectivity index (χ4v) is 1.51. The minimum Gasteiger partial charge on any atom is -0.478 e. The first-order valence-corrected chi connectivity index (χ1v) is 6.34.